The van der Waals surface area contributed by atoms with E-state index in [1.165, 1.54) is 6.07 Å². The van der Waals surface area contributed by atoms with Gasteiger partial charge in [0.1, 0.15) is 5.82 Å². The summed E-state index contributed by atoms with van der Waals surface area (Å²) in [4.78, 5) is 4.10. The fourth-order valence-electron chi connectivity index (χ4n) is 1.93. The lowest BCUT2D eigenvalue weighted by Gasteiger charge is -2.03. The van der Waals surface area contributed by atoms with Crippen molar-refractivity contribution in [2.45, 2.75) is 0 Å². The Bertz CT molecular complexity index is 662. The van der Waals surface area contributed by atoms with Crippen LogP contribution in [0.4, 0.5) is 4.39 Å². The minimum absolute atomic E-state index is 0.202. The zero-order valence-electron chi connectivity index (χ0n) is 9.10. The zero-order chi connectivity index (χ0) is 11.7. The van der Waals surface area contributed by atoms with E-state index in [9.17, 15) is 4.39 Å². The Morgan fingerprint density at radius 1 is 0.824 bits per heavy atom. The topological polar surface area (TPSA) is 12.9 Å². The van der Waals surface area contributed by atoms with Crippen molar-refractivity contribution in [1.29, 1.82) is 0 Å². The molecule has 0 fully saturated rings. The fourth-order valence-corrected chi connectivity index (χ4v) is 1.93. The van der Waals surface area contributed by atoms with Crippen molar-refractivity contribution >= 4 is 10.8 Å². The van der Waals surface area contributed by atoms with Gasteiger partial charge in [-0.3, -0.25) is 4.98 Å². The molecule has 3 aromatic rings. The van der Waals surface area contributed by atoms with Gasteiger partial charge in [-0.2, -0.15) is 0 Å². The third-order valence-electron chi connectivity index (χ3n) is 2.80. The van der Waals surface area contributed by atoms with Crippen molar-refractivity contribution < 1.29 is 4.39 Å². The summed E-state index contributed by atoms with van der Waals surface area (Å²) >= 11 is 0. The maximum absolute atomic E-state index is 13.1. The fraction of sp³-hybridized carbons (Fsp3) is 0. The van der Waals surface area contributed by atoms with E-state index in [4.69, 9.17) is 0 Å². The summed E-state index contributed by atoms with van der Waals surface area (Å²) in [6.07, 6.45) is 3.57. The van der Waals surface area contributed by atoms with Gasteiger partial charge in [-0.05, 0) is 40.6 Å². The minimum Gasteiger partial charge on any atom is -0.264 e. The molecule has 0 amide bonds. The summed E-state index contributed by atoms with van der Waals surface area (Å²) in [5.74, 6) is -0.202. The lowest BCUT2D eigenvalue weighted by Crippen LogP contribution is -1.81. The van der Waals surface area contributed by atoms with Crippen molar-refractivity contribution in [2.24, 2.45) is 0 Å². The summed E-state index contributed by atoms with van der Waals surface area (Å²) in [5, 5.41) is 1.95. The van der Waals surface area contributed by atoms with Crippen LogP contribution in [-0.4, -0.2) is 4.98 Å². The van der Waals surface area contributed by atoms with Crippen LogP contribution in [0.1, 0.15) is 0 Å². The Balaban J connectivity index is 2.17. The molecule has 3 rings (SSSR count). The first-order valence-corrected chi connectivity index (χ1v) is 5.43. The van der Waals surface area contributed by atoms with Gasteiger partial charge in [0, 0.05) is 18.0 Å². The molecular weight excluding hydrogens is 213 g/mol. The molecule has 2 heteroatoms. The Hall–Kier alpha value is -2.22. The molecule has 0 bridgehead atoms. The van der Waals surface area contributed by atoms with Gasteiger partial charge in [0.25, 0.3) is 0 Å². The highest BCUT2D eigenvalue weighted by Crippen LogP contribution is 2.24. The number of benzene rings is 2. The van der Waals surface area contributed by atoms with Gasteiger partial charge in [-0.25, -0.2) is 4.39 Å². The number of halogens is 1. The molecule has 1 aromatic heterocycles. The van der Waals surface area contributed by atoms with Gasteiger partial charge < -0.3 is 0 Å². The van der Waals surface area contributed by atoms with Crippen LogP contribution in [-0.2, 0) is 0 Å². The summed E-state index contributed by atoms with van der Waals surface area (Å²) in [6.45, 7) is 0. The van der Waals surface area contributed by atoms with Crippen LogP contribution in [0.3, 0.4) is 0 Å². The van der Waals surface area contributed by atoms with Gasteiger partial charge in [-0.15, -0.1) is 0 Å². The molecule has 0 saturated carbocycles. The van der Waals surface area contributed by atoms with Crippen LogP contribution in [0.15, 0.2) is 60.9 Å². The van der Waals surface area contributed by atoms with Crippen LogP contribution in [0.5, 0.6) is 0 Å². The van der Waals surface area contributed by atoms with Crippen LogP contribution in [0.2, 0.25) is 0 Å². The quantitative estimate of drug-likeness (QED) is 0.606. The summed E-state index contributed by atoms with van der Waals surface area (Å²) in [5.41, 5.74) is 2.16. The van der Waals surface area contributed by atoms with Crippen LogP contribution < -0.4 is 0 Å². The summed E-state index contributed by atoms with van der Waals surface area (Å²) in [6, 6.07) is 14.7. The standard InChI is InChI=1S/C15H10FN/c16-15-6-5-11-8-12(3-4-13(11)9-15)14-2-1-7-17-10-14/h1-10H. The number of hydrogen-bond acceptors (Lipinski definition) is 1. The molecule has 1 heterocycles. The van der Waals surface area contributed by atoms with E-state index in [0.29, 0.717) is 0 Å². The second kappa shape index (κ2) is 3.98. The second-order valence-electron chi connectivity index (χ2n) is 3.95. The second-order valence-corrected chi connectivity index (χ2v) is 3.95. The number of pyridine rings is 1. The Morgan fingerprint density at radius 2 is 1.65 bits per heavy atom. The molecule has 0 atom stereocenters. The molecule has 0 aliphatic rings. The lowest BCUT2D eigenvalue weighted by atomic mass is 10.0. The van der Waals surface area contributed by atoms with E-state index in [0.717, 1.165) is 21.9 Å². The van der Waals surface area contributed by atoms with Gasteiger partial charge in [-0.1, -0.05) is 24.3 Å². The zero-order valence-corrected chi connectivity index (χ0v) is 9.10. The van der Waals surface area contributed by atoms with Crippen molar-refractivity contribution in [1.82, 2.24) is 4.98 Å². The molecule has 0 aliphatic carbocycles. The normalized spacial score (nSPS) is 10.6. The number of fused-ring (bicyclic) bond motifs is 1. The van der Waals surface area contributed by atoms with E-state index < -0.39 is 0 Å². The summed E-state index contributed by atoms with van der Waals surface area (Å²) in [7, 11) is 0. The molecule has 1 nitrogen and oxygen atoms in total. The van der Waals surface area contributed by atoms with Crippen molar-refractivity contribution in [3.05, 3.63) is 66.7 Å². The number of nitrogens with zero attached hydrogens (tertiary/aromatic N) is 1. The van der Waals surface area contributed by atoms with Crippen LogP contribution in [0.25, 0.3) is 21.9 Å². The van der Waals surface area contributed by atoms with Crippen molar-refractivity contribution in [2.75, 3.05) is 0 Å². The Labute approximate surface area is 98.6 Å². The molecule has 0 radical (unpaired) electrons. The van der Waals surface area contributed by atoms with Crippen molar-refractivity contribution in [3.8, 4) is 11.1 Å². The van der Waals surface area contributed by atoms with Crippen LogP contribution in [0, 0.1) is 5.82 Å². The maximum Gasteiger partial charge on any atom is 0.123 e. The van der Waals surface area contributed by atoms with Crippen molar-refractivity contribution in [3.63, 3.8) is 0 Å². The van der Waals surface area contributed by atoms with E-state index in [1.54, 1.807) is 18.3 Å². The average molecular weight is 223 g/mol. The molecule has 0 spiro atoms. The monoisotopic (exact) mass is 223 g/mol. The molecule has 82 valence electrons. The third kappa shape index (κ3) is 1.89. The van der Waals surface area contributed by atoms with Gasteiger partial charge in [0.2, 0.25) is 0 Å². The van der Waals surface area contributed by atoms with E-state index >= 15 is 0 Å². The van der Waals surface area contributed by atoms with E-state index in [-0.39, 0.29) is 5.82 Å². The summed E-state index contributed by atoms with van der Waals surface area (Å²) < 4.78 is 13.1. The Morgan fingerprint density at radius 3 is 2.47 bits per heavy atom. The lowest BCUT2D eigenvalue weighted by molar-refractivity contribution is 0.630. The minimum atomic E-state index is -0.202. The number of aromatic nitrogens is 1. The van der Waals surface area contributed by atoms with Crippen LogP contribution >= 0.6 is 0 Å². The third-order valence-corrected chi connectivity index (χ3v) is 2.80. The predicted octanol–water partition coefficient (Wildman–Crippen LogP) is 4.04. The molecule has 0 N–H and O–H groups in total. The van der Waals surface area contributed by atoms with E-state index in [1.807, 2.05) is 36.5 Å². The highest BCUT2D eigenvalue weighted by molar-refractivity contribution is 5.87. The maximum atomic E-state index is 13.1. The highest BCUT2D eigenvalue weighted by Gasteiger charge is 2.00. The molecular formula is C15H10FN. The Kier molecular flexibility index (Phi) is 2.33. The number of rotatable bonds is 1. The largest absolute Gasteiger partial charge is 0.264 e. The molecule has 2 aromatic carbocycles. The first-order valence-electron chi connectivity index (χ1n) is 5.43. The molecule has 0 unspecified atom stereocenters. The first kappa shape index (κ1) is 9.97. The smallest absolute Gasteiger partial charge is 0.123 e. The first-order chi connectivity index (χ1) is 8.33. The van der Waals surface area contributed by atoms with Gasteiger partial charge in [0.05, 0.1) is 0 Å². The molecule has 0 aliphatic heterocycles. The van der Waals surface area contributed by atoms with Gasteiger partial charge in [0.15, 0.2) is 0 Å². The molecule has 17 heavy (non-hydrogen) atoms. The highest BCUT2D eigenvalue weighted by atomic mass is 19.1. The van der Waals surface area contributed by atoms with Gasteiger partial charge >= 0.3 is 0 Å². The van der Waals surface area contributed by atoms with E-state index in [2.05, 4.69) is 4.98 Å². The predicted molar refractivity (Wildman–Crippen MR) is 67.1 cm³/mol. The average Bonchev–Trinajstić information content (AvgIpc) is 2.39. The SMILES string of the molecule is Fc1ccc2cc(-c3cccnc3)ccc2c1. The molecule has 0 saturated heterocycles. The number of hydrogen-bond donors (Lipinski definition) is 0.